The van der Waals surface area contributed by atoms with Crippen LogP contribution in [0.2, 0.25) is 0 Å². The summed E-state index contributed by atoms with van der Waals surface area (Å²) in [6, 6.07) is 0. The Kier molecular flexibility index (Phi) is 24.1. The minimum absolute atomic E-state index is 0. The van der Waals surface area contributed by atoms with Crippen molar-refractivity contribution in [2.24, 2.45) is 0 Å². The van der Waals surface area contributed by atoms with Crippen LogP contribution in [0.3, 0.4) is 0 Å². The van der Waals surface area contributed by atoms with E-state index >= 15 is 0 Å². The Hall–Kier alpha value is 1.55. The topological polar surface area (TPSA) is 54.4 Å². The molecule has 0 saturated heterocycles. The van der Waals surface area contributed by atoms with E-state index in [9.17, 15) is 8.42 Å². The molecular weight excluding hydrogens is 347 g/mol. The van der Waals surface area contributed by atoms with Gasteiger partial charge >= 0.3 is 0 Å². The van der Waals surface area contributed by atoms with Crippen LogP contribution in [0, 0.1) is 0 Å². The molecule has 141 valence electrons. The SMILES string of the molecule is CCCCCCCCCCCCCCCCCCCS(=O)(=O)O.[K]. The number of hydrogen-bond donors (Lipinski definition) is 1. The van der Waals surface area contributed by atoms with Crippen LogP contribution >= 0.6 is 0 Å². The maximum atomic E-state index is 10.5. The Morgan fingerprint density at radius 3 is 1.04 bits per heavy atom. The third kappa shape index (κ3) is 25.8. The van der Waals surface area contributed by atoms with Crippen molar-refractivity contribution in [2.45, 2.75) is 116 Å². The predicted molar refractivity (Wildman–Crippen MR) is 106 cm³/mol. The fourth-order valence-corrected chi connectivity index (χ4v) is 3.58. The predicted octanol–water partition coefficient (Wildman–Crippen LogP) is 6.15. The average molecular weight is 388 g/mol. The van der Waals surface area contributed by atoms with Gasteiger partial charge in [0.25, 0.3) is 10.1 Å². The molecule has 0 aromatic heterocycles. The van der Waals surface area contributed by atoms with Crippen LogP contribution in [0.15, 0.2) is 0 Å². The molecule has 0 aliphatic heterocycles. The van der Waals surface area contributed by atoms with Crippen molar-refractivity contribution in [3.63, 3.8) is 0 Å². The first-order valence-electron chi connectivity index (χ1n) is 10.0. The van der Waals surface area contributed by atoms with E-state index in [1.807, 2.05) is 0 Å². The van der Waals surface area contributed by atoms with Crippen molar-refractivity contribution < 1.29 is 13.0 Å². The van der Waals surface area contributed by atoms with Crippen LogP contribution < -0.4 is 0 Å². The van der Waals surface area contributed by atoms with Gasteiger partial charge in [0.1, 0.15) is 0 Å². The molecular formula is C19H40KO3S. The average Bonchev–Trinajstić information content (AvgIpc) is 2.49. The van der Waals surface area contributed by atoms with E-state index in [2.05, 4.69) is 6.92 Å². The molecule has 0 aromatic rings. The molecule has 0 atom stereocenters. The van der Waals surface area contributed by atoms with Gasteiger partial charge in [0.2, 0.25) is 0 Å². The fraction of sp³-hybridized carbons (Fsp3) is 1.00. The van der Waals surface area contributed by atoms with Gasteiger partial charge in [-0.1, -0.05) is 110 Å². The minimum Gasteiger partial charge on any atom is -0.286 e. The van der Waals surface area contributed by atoms with Gasteiger partial charge in [0.05, 0.1) is 5.75 Å². The second-order valence-corrected chi connectivity index (χ2v) is 8.51. The Morgan fingerprint density at radius 2 is 0.792 bits per heavy atom. The summed E-state index contributed by atoms with van der Waals surface area (Å²) < 4.78 is 29.7. The summed E-state index contributed by atoms with van der Waals surface area (Å²) in [4.78, 5) is 0. The van der Waals surface area contributed by atoms with Crippen LogP contribution in [-0.2, 0) is 10.1 Å². The quantitative estimate of drug-likeness (QED) is 0.174. The van der Waals surface area contributed by atoms with Crippen molar-refractivity contribution >= 4 is 61.5 Å². The summed E-state index contributed by atoms with van der Waals surface area (Å²) in [5, 5.41) is 0. The summed E-state index contributed by atoms with van der Waals surface area (Å²) >= 11 is 0. The third-order valence-electron chi connectivity index (χ3n) is 4.51. The first kappa shape index (κ1) is 27.8. The summed E-state index contributed by atoms with van der Waals surface area (Å²) in [5.41, 5.74) is 0. The Bertz CT molecular complexity index is 332. The molecule has 5 heteroatoms. The van der Waals surface area contributed by atoms with Gasteiger partial charge in [-0.2, -0.15) is 8.42 Å². The second-order valence-electron chi connectivity index (χ2n) is 6.94. The van der Waals surface area contributed by atoms with Crippen molar-refractivity contribution in [3.8, 4) is 0 Å². The van der Waals surface area contributed by atoms with Gasteiger partial charge in [-0.3, -0.25) is 4.55 Å². The molecule has 0 heterocycles. The Morgan fingerprint density at radius 1 is 0.542 bits per heavy atom. The van der Waals surface area contributed by atoms with Crippen molar-refractivity contribution in [1.29, 1.82) is 0 Å². The normalized spacial score (nSPS) is 11.4. The van der Waals surface area contributed by atoms with E-state index in [0.717, 1.165) is 12.8 Å². The van der Waals surface area contributed by atoms with Crippen LogP contribution in [-0.4, -0.2) is 70.1 Å². The molecule has 0 unspecified atom stereocenters. The molecule has 1 N–H and O–H groups in total. The van der Waals surface area contributed by atoms with Gasteiger partial charge in [0.15, 0.2) is 0 Å². The molecule has 0 fully saturated rings. The Balaban J connectivity index is 0. The van der Waals surface area contributed by atoms with Gasteiger partial charge in [-0.15, -0.1) is 0 Å². The summed E-state index contributed by atoms with van der Waals surface area (Å²) in [6.45, 7) is 2.27. The van der Waals surface area contributed by atoms with E-state index in [-0.39, 0.29) is 57.1 Å². The number of rotatable bonds is 18. The van der Waals surface area contributed by atoms with Crippen LogP contribution in [0.5, 0.6) is 0 Å². The largest absolute Gasteiger partial charge is 0.286 e. The molecule has 0 amide bonds. The second kappa shape index (κ2) is 20.9. The Labute approximate surface area is 194 Å². The molecule has 24 heavy (non-hydrogen) atoms. The first-order valence-corrected chi connectivity index (χ1v) is 11.6. The molecule has 0 aromatic carbocycles. The monoisotopic (exact) mass is 387 g/mol. The molecule has 1 radical (unpaired) electrons. The van der Waals surface area contributed by atoms with E-state index < -0.39 is 10.1 Å². The maximum Gasteiger partial charge on any atom is 0.264 e. The molecule has 0 spiro atoms. The van der Waals surface area contributed by atoms with E-state index in [0.29, 0.717) is 6.42 Å². The summed E-state index contributed by atoms with van der Waals surface area (Å²) in [6.07, 6.45) is 21.8. The van der Waals surface area contributed by atoms with Gasteiger partial charge in [0, 0.05) is 51.4 Å². The number of unbranched alkanes of at least 4 members (excludes halogenated alkanes) is 16. The van der Waals surface area contributed by atoms with Crippen molar-refractivity contribution in [1.82, 2.24) is 0 Å². The fourth-order valence-electron chi connectivity index (χ4n) is 3.01. The van der Waals surface area contributed by atoms with Crippen LogP contribution in [0.25, 0.3) is 0 Å². The maximum absolute atomic E-state index is 10.5. The van der Waals surface area contributed by atoms with Crippen molar-refractivity contribution in [2.75, 3.05) is 5.75 Å². The van der Waals surface area contributed by atoms with Crippen LogP contribution in [0.4, 0.5) is 0 Å². The molecule has 0 bridgehead atoms. The standard InChI is InChI=1S/C19H40O3S.K/c1-2-3-4-5-6-7-8-9-10-11-12-13-14-15-16-17-18-19-23(20,21)22;/h2-19H2,1H3,(H,20,21,22);. The first-order chi connectivity index (χ1) is 11.1. The van der Waals surface area contributed by atoms with E-state index in [1.54, 1.807) is 0 Å². The minimum atomic E-state index is -3.74. The zero-order chi connectivity index (χ0) is 17.2. The van der Waals surface area contributed by atoms with Gasteiger partial charge < -0.3 is 0 Å². The van der Waals surface area contributed by atoms with Gasteiger partial charge in [-0.05, 0) is 6.42 Å². The molecule has 0 rings (SSSR count). The number of hydrogen-bond acceptors (Lipinski definition) is 2. The van der Waals surface area contributed by atoms with Gasteiger partial charge in [-0.25, -0.2) is 0 Å². The summed E-state index contributed by atoms with van der Waals surface area (Å²) in [5.74, 6) is -0.0778. The zero-order valence-corrected chi connectivity index (χ0v) is 20.3. The molecule has 0 aliphatic rings. The molecule has 0 aliphatic carbocycles. The molecule has 0 saturated carbocycles. The van der Waals surface area contributed by atoms with Crippen LogP contribution in [0.1, 0.15) is 116 Å². The van der Waals surface area contributed by atoms with E-state index in [1.165, 1.54) is 89.9 Å². The third-order valence-corrected chi connectivity index (χ3v) is 5.31. The smallest absolute Gasteiger partial charge is 0.264 e. The molecule has 3 nitrogen and oxygen atoms in total. The zero-order valence-electron chi connectivity index (χ0n) is 16.4. The van der Waals surface area contributed by atoms with Crippen molar-refractivity contribution in [3.05, 3.63) is 0 Å². The summed E-state index contributed by atoms with van der Waals surface area (Å²) in [7, 11) is -3.74. The van der Waals surface area contributed by atoms with E-state index in [4.69, 9.17) is 4.55 Å².